The average Bonchev–Trinajstić information content (AvgIpc) is 2.20. The van der Waals surface area contributed by atoms with Gasteiger partial charge in [0.2, 0.25) is 5.91 Å². The molecule has 1 aromatic rings. The van der Waals surface area contributed by atoms with Crippen molar-refractivity contribution in [3.8, 4) is 0 Å². The lowest BCUT2D eigenvalue weighted by atomic mass is 10.1. The number of hydrogen-bond acceptors (Lipinski definition) is 3. The van der Waals surface area contributed by atoms with Gasteiger partial charge in [-0.1, -0.05) is 12.1 Å². The highest BCUT2D eigenvalue weighted by Gasteiger charge is 2.22. The standard InChI is InChI=1S/C14H21N3O.ClH/c1-10-4-5-11(2)13(6-10)16-14(18)9-17(3)12-7-15-8-12;/h4-6,12,15H,7-9H2,1-3H3,(H,16,18);1H. The van der Waals surface area contributed by atoms with Gasteiger partial charge in [-0.05, 0) is 38.1 Å². The number of benzene rings is 1. The molecule has 0 aromatic heterocycles. The molecular formula is C14H22ClN3O. The van der Waals surface area contributed by atoms with Gasteiger partial charge in [-0.15, -0.1) is 12.4 Å². The summed E-state index contributed by atoms with van der Waals surface area (Å²) < 4.78 is 0. The van der Waals surface area contributed by atoms with Crippen LogP contribution in [0.2, 0.25) is 0 Å². The highest BCUT2D eigenvalue weighted by Crippen LogP contribution is 2.16. The smallest absolute Gasteiger partial charge is 0.238 e. The number of carbonyl (C=O) groups excluding carboxylic acids is 1. The number of aryl methyl sites for hydroxylation is 2. The first-order chi connectivity index (χ1) is 8.56. The fraction of sp³-hybridized carbons (Fsp3) is 0.500. The van der Waals surface area contributed by atoms with Crippen molar-refractivity contribution < 1.29 is 4.79 Å². The van der Waals surface area contributed by atoms with Crippen molar-refractivity contribution in [3.63, 3.8) is 0 Å². The van der Waals surface area contributed by atoms with Gasteiger partial charge in [-0.2, -0.15) is 0 Å². The molecule has 1 amide bonds. The Balaban J connectivity index is 0.00000180. The minimum Gasteiger partial charge on any atom is -0.325 e. The van der Waals surface area contributed by atoms with Gasteiger partial charge in [-0.3, -0.25) is 9.69 Å². The Morgan fingerprint density at radius 2 is 2.11 bits per heavy atom. The maximum atomic E-state index is 12.0. The van der Waals surface area contributed by atoms with Crippen molar-refractivity contribution in [2.24, 2.45) is 0 Å². The summed E-state index contributed by atoms with van der Waals surface area (Å²) in [5.74, 6) is 0.0538. The monoisotopic (exact) mass is 283 g/mol. The van der Waals surface area contributed by atoms with E-state index in [1.165, 1.54) is 0 Å². The van der Waals surface area contributed by atoms with Crippen molar-refractivity contribution in [1.82, 2.24) is 10.2 Å². The van der Waals surface area contributed by atoms with Gasteiger partial charge < -0.3 is 10.6 Å². The Kier molecular flexibility index (Phi) is 5.79. The van der Waals surface area contributed by atoms with E-state index in [0.29, 0.717) is 12.6 Å². The molecule has 106 valence electrons. The molecule has 0 aliphatic carbocycles. The Morgan fingerprint density at radius 3 is 2.68 bits per heavy atom. The number of rotatable bonds is 4. The zero-order valence-corrected chi connectivity index (χ0v) is 12.5. The summed E-state index contributed by atoms with van der Waals surface area (Å²) in [5.41, 5.74) is 3.18. The van der Waals surface area contributed by atoms with E-state index < -0.39 is 0 Å². The van der Waals surface area contributed by atoms with Crippen LogP contribution in [0.4, 0.5) is 5.69 Å². The van der Waals surface area contributed by atoms with Gasteiger partial charge in [0.25, 0.3) is 0 Å². The maximum absolute atomic E-state index is 12.0. The lowest BCUT2D eigenvalue weighted by molar-refractivity contribution is -0.117. The highest BCUT2D eigenvalue weighted by atomic mass is 35.5. The number of halogens is 1. The van der Waals surface area contributed by atoms with Gasteiger partial charge in [0.1, 0.15) is 0 Å². The summed E-state index contributed by atoms with van der Waals surface area (Å²) in [6.45, 7) is 6.44. The molecule has 2 rings (SSSR count). The molecule has 0 saturated carbocycles. The number of hydrogen-bond donors (Lipinski definition) is 2. The van der Waals surface area contributed by atoms with E-state index in [2.05, 4.69) is 21.6 Å². The lowest BCUT2D eigenvalue weighted by Gasteiger charge is -2.35. The average molecular weight is 284 g/mol. The first-order valence-electron chi connectivity index (χ1n) is 6.34. The van der Waals surface area contributed by atoms with Crippen LogP contribution in [0.15, 0.2) is 18.2 Å². The largest absolute Gasteiger partial charge is 0.325 e. The van der Waals surface area contributed by atoms with Crippen LogP contribution in [0.25, 0.3) is 0 Å². The normalized spacial score (nSPS) is 14.7. The third-order valence-electron chi connectivity index (χ3n) is 3.44. The zero-order chi connectivity index (χ0) is 13.1. The molecule has 0 spiro atoms. The summed E-state index contributed by atoms with van der Waals surface area (Å²) in [5, 5.41) is 6.19. The number of carbonyl (C=O) groups is 1. The second-order valence-electron chi connectivity index (χ2n) is 5.09. The van der Waals surface area contributed by atoms with E-state index in [4.69, 9.17) is 0 Å². The van der Waals surface area contributed by atoms with Crippen LogP contribution in [0.3, 0.4) is 0 Å². The second kappa shape index (κ2) is 6.89. The van der Waals surface area contributed by atoms with Crippen LogP contribution < -0.4 is 10.6 Å². The van der Waals surface area contributed by atoms with Gasteiger partial charge in [0.05, 0.1) is 6.54 Å². The van der Waals surface area contributed by atoms with E-state index in [-0.39, 0.29) is 18.3 Å². The quantitative estimate of drug-likeness (QED) is 0.882. The van der Waals surface area contributed by atoms with Crippen LogP contribution in [-0.2, 0) is 4.79 Å². The van der Waals surface area contributed by atoms with E-state index >= 15 is 0 Å². The SMILES string of the molecule is Cc1ccc(C)c(NC(=O)CN(C)C2CNC2)c1.Cl. The Hall–Kier alpha value is -1.10. The Bertz CT molecular complexity index is 446. The minimum atomic E-state index is 0. The van der Waals surface area contributed by atoms with Crippen LogP contribution in [-0.4, -0.2) is 43.5 Å². The van der Waals surface area contributed by atoms with Gasteiger partial charge in [0.15, 0.2) is 0 Å². The summed E-state index contributed by atoms with van der Waals surface area (Å²) in [6.07, 6.45) is 0. The van der Waals surface area contributed by atoms with Crippen molar-refractivity contribution >= 4 is 24.0 Å². The Morgan fingerprint density at radius 1 is 1.42 bits per heavy atom. The van der Waals surface area contributed by atoms with Crippen molar-refractivity contribution in [3.05, 3.63) is 29.3 Å². The summed E-state index contributed by atoms with van der Waals surface area (Å²) >= 11 is 0. The Labute approximate surface area is 121 Å². The third kappa shape index (κ3) is 4.20. The molecule has 19 heavy (non-hydrogen) atoms. The molecule has 2 N–H and O–H groups in total. The molecule has 0 bridgehead atoms. The second-order valence-corrected chi connectivity index (χ2v) is 5.09. The number of nitrogens with zero attached hydrogens (tertiary/aromatic N) is 1. The van der Waals surface area contributed by atoms with E-state index in [1.54, 1.807) is 0 Å². The van der Waals surface area contributed by atoms with Crippen LogP contribution in [0.1, 0.15) is 11.1 Å². The molecule has 0 unspecified atom stereocenters. The van der Waals surface area contributed by atoms with Crippen LogP contribution in [0.5, 0.6) is 0 Å². The summed E-state index contributed by atoms with van der Waals surface area (Å²) in [4.78, 5) is 14.1. The molecule has 0 radical (unpaired) electrons. The summed E-state index contributed by atoms with van der Waals surface area (Å²) in [7, 11) is 1.99. The number of amides is 1. The first kappa shape index (κ1) is 16.0. The molecular weight excluding hydrogens is 262 g/mol. The number of anilines is 1. The highest BCUT2D eigenvalue weighted by molar-refractivity contribution is 5.93. The van der Waals surface area contributed by atoms with Crippen LogP contribution in [0, 0.1) is 13.8 Å². The minimum absolute atomic E-state index is 0. The van der Waals surface area contributed by atoms with E-state index in [9.17, 15) is 4.79 Å². The lowest BCUT2D eigenvalue weighted by Crippen LogP contribution is -2.57. The van der Waals surface area contributed by atoms with Gasteiger partial charge in [0, 0.05) is 24.8 Å². The van der Waals surface area contributed by atoms with Crippen molar-refractivity contribution in [1.29, 1.82) is 0 Å². The molecule has 4 nitrogen and oxygen atoms in total. The third-order valence-corrected chi connectivity index (χ3v) is 3.44. The summed E-state index contributed by atoms with van der Waals surface area (Å²) in [6, 6.07) is 6.59. The van der Waals surface area contributed by atoms with E-state index in [0.717, 1.165) is 29.9 Å². The van der Waals surface area contributed by atoms with Gasteiger partial charge in [-0.25, -0.2) is 0 Å². The van der Waals surface area contributed by atoms with Gasteiger partial charge >= 0.3 is 0 Å². The molecule has 1 fully saturated rings. The molecule has 1 aliphatic rings. The zero-order valence-electron chi connectivity index (χ0n) is 11.7. The van der Waals surface area contributed by atoms with Crippen LogP contribution >= 0.6 is 12.4 Å². The topological polar surface area (TPSA) is 44.4 Å². The maximum Gasteiger partial charge on any atom is 0.238 e. The van der Waals surface area contributed by atoms with E-state index in [1.807, 2.05) is 33.0 Å². The van der Waals surface area contributed by atoms with Crippen molar-refractivity contribution in [2.75, 3.05) is 32.0 Å². The van der Waals surface area contributed by atoms with Crippen molar-refractivity contribution in [2.45, 2.75) is 19.9 Å². The number of nitrogens with one attached hydrogen (secondary N) is 2. The fourth-order valence-electron chi connectivity index (χ4n) is 2.00. The predicted molar refractivity (Wildman–Crippen MR) is 81.1 cm³/mol. The fourth-order valence-corrected chi connectivity index (χ4v) is 2.00. The number of likely N-dealkylation sites (N-methyl/N-ethyl adjacent to an activating group) is 1. The molecule has 0 atom stereocenters. The molecule has 1 aromatic carbocycles. The molecule has 1 aliphatic heterocycles. The molecule has 1 saturated heterocycles. The first-order valence-corrected chi connectivity index (χ1v) is 6.34. The predicted octanol–water partition coefficient (Wildman–Crippen LogP) is 1.57. The molecule has 5 heteroatoms. The molecule has 1 heterocycles.